The van der Waals surface area contributed by atoms with Crippen LogP contribution in [0.3, 0.4) is 0 Å². The van der Waals surface area contributed by atoms with Crippen LogP contribution in [0.15, 0.2) is 47.1 Å². The summed E-state index contributed by atoms with van der Waals surface area (Å²) in [5, 5.41) is 3.93. The molecule has 29 heavy (non-hydrogen) atoms. The topological polar surface area (TPSA) is 96.6 Å². The minimum atomic E-state index is -0.357. The fraction of sp³-hybridized carbons (Fsp3) is 0.333. The molecular weight excluding hydrogens is 374 g/mol. The maximum Gasteiger partial charge on any atom is 0.309 e. The van der Waals surface area contributed by atoms with E-state index in [4.69, 9.17) is 18.7 Å². The highest BCUT2D eigenvalue weighted by Crippen LogP contribution is 2.19. The van der Waals surface area contributed by atoms with Crippen LogP contribution in [0.1, 0.15) is 25.3 Å². The molecule has 2 aromatic heterocycles. The summed E-state index contributed by atoms with van der Waals surface area (Å²) >= 11 is 0. The lowest BCUT2D eigenvalue weighted by molar-refractivity contribution is -0.147. The lowest BCUT2D eigenvalue weighted by atomic mass is 10.1. The van der Waals surface area contributed by atoms with Crippen molar-refractivity contribution in [3.8, 4) is 23.0 Å². The number of hydrogen-bond donors (Lipinski definition) is 0. The van der Waals surface area contributed by atoms with Gasteiger partial charge in [-0.05, 0) is 36.8 Å². The van der Waals surface area contributed by atoms with Crippen LogP contribution in [-0.2, 0) is 22.6 Å². The first-order chi connectivity index (χ1) is 14.1. The van der Waals surface area contributed by atoms with Crippen molar-refractivity contribution in [1.29, 1.82) is 0 Å². The molecule has 1 aromatic carbocycles. The van der Waals surface area contributed by atoms with Gasteiger partial charge in [-0.15, -0.1) is 0 Å². The second kappa shape index (κ2) is 9.68. The Bertz CT molecular complexity index is 922. The first kappa shape index (κ1) is 20.3. The molecule has 0 N–H and O–H groups in total. The van der Waals surface area contributed by atoms with E-state index in [9.17, 15) is 4.79 Å². The van der Waals surface area contributed by atoms with Crippen molar-refractivity contribution in [3.63, 3.8) is 0 Å². The van der Waals surface area contributed by atoms with Crippen molar-refractivity contribution < 1.29 is 23.5 Å². The Labute approximate surface area is 168 Å². The van der Waals surface area contributed by atoms with Gasteiger partial charge in [-0.2, -0.15) is 4.98 Å². The SMILES string of the molecule is CCOC(=O)C(C)Cc1nc(-c2ccc(OCc3ccc(OC)cc3)cn2)no1. The number of aromatic nitrogens is 3. The number of esters is 1. The molecule has 8 heteroatoms. The Balaban J connectivity index is 1.57. The molecule has 2 heterocycles. The number of nitrogens with zero attached hydrogens (tertiary/aromatic N) is 3. The molecule has 1 unspecified atom stereocenters. The molecule has 0 spiro atoms. The minimum absolute atomic E-state index is 0.288. The third-order valence-electron chi connectivity index (χ3n) is 4.17. The fourth-order valence-corrected chi connectivity index (χ4v) is 2.56. The van der Waals surface area contributed by atoms with Gasteiger partial charge >= 0.3 is 5.97 Å². The highest BCUT2D eigenvalue weighted by Gasteiger charge is 2.19. The standard InChI is InChI=1S/C21H23N3O5/c1-4-27-21(25)14(2)11-19-23-20(24-29-19)18-10-9-17(12-22-18)28-13-15-5-7-16(26-3)8-6-15/h5-10,12,14H,4,11,13H2,1-3H3. The number of benzene rings is 1. The molecule has 0 aliphatic rings. The molecular formula is C21H23N3O5. The zero-order valence-corrected chi connectivity index (χ0v) is 16.6. The van der Waals surface area contributed by atoms with Crippen molar-refractivity contribution in [3.05, 3.63) is 54.0 Å². The summed E-state index contributed by atoms with van der Waals surface area (Å²) in [5.74, 6) is 1.51. The third-order valence-corrected chi connectivity index (χ3v) is 4.17. The second-order valence-corrected chi connectivity index (χ2v) is 6.38. The highest BCUT2D eigenvalue weighted by atomic mass is 16.5. The van der Waals surface area contributed by atoms with Gasteiger partial charge in [-0.25, -0.2) is 4.98 Å². The van der Waals surface area contributed by atoms with E-state index in [2.05, 4.69) is 15.1 Å². The molecule has 0 radical (unpaired) electrons. The van der Waals surface area contributed by atoms with Crippen molar-refractivity contribution in [2.45, 2.75) is 26.9 Å². The average Bonchev–Trinajstić information content (AvgIpc) is 3.21. The summed E-state index contributed by atoms with van der Waals surface area (Å²) in [4.78, 5) is 20.3. The van der Waals surface area contributed by atoms with Crippen LogP contribution in [0.25, 0.3) is 11.5 Å². The third kappa shape index (κ3) is 5.54. The molecule has 0 saturated carbocycles. The summed E-state index contributed by atoms with van der Waals surface area (Å²) in [5.41, 5.74) is 1.58. The molecule has 0 aliphatic heterocycles. The van der Waals surface area contributed by atoms with E-state index in [0.717, 1.165) is 11.3 Å². The lowest BCUT2D eigenvalue weighted by Gasteiger charge is -2.07. The number of ether oxygens (including phenoxy) is 3. The Morgan fingerprint density at radius 1 is 1.14 bits per heavy atom. The van der Waals surface area contributed by atoms with Crippen LogP contribution in [0.5, 0.6) is 11.5 Å². The Kier molecular flexibility index (Phi) is 6.78. The fourth-order valence-electron chi connectivity index (χ4n) is 2.56. The number of carbonyl (C=O) groups is 1. The predicted molar refractivity (Wildman–Crippen MR) is 104 cm³/mol. The molecule has 0 amide bonds. The largest absolute Gasteiger partial charge is 0.497 e. The van der Waals surface area contributed by atoms with Gasteiger partial charge in [0, 0.05) is 6.42 Å². The smallest absolute Gasteiger partial charge is 0.309 e. The zero-order chi connectivity index (χ0) is 20.6. The predicted octanol–water partition coefficient (Wildman–Crippen LogP) is 3.46. The molecule has 152 valence electrons. The maximum absolute atomic E-state index is 11.7. The summed E-state index contributed by atoms with van der Waals surface area (Å²) in [6.45, 7) is 4.29. The van der Waals surface area contributed by atoms with Gasteiger partial charge < -0.3 is 18.7 Å². The number of carbonyl (C=O) groups excluding carboxylic acids is 1. The number of pyridine rings is 1. The quantitative estimate of drug-likeness (QED) is 0.507. The van der Waals surface area contributed by atoms with Gasteiger partial charge in [0.1, 0.15) is 23.8 Å². The number of methoxy groups -OCH3 is 1. The summed E-state index contributed by atoms with van der Waals surface area (Å²) in [6, 6.07) is 11.2. The van der Waals surface area contributed by atoms with Gasteiger partial charge in [0.05, 0.1) is 25.8 Å². The molecule has 0 bridgehead atoms. The molecule has 1 atom stereocenters. The van der Waals surface area contributed by atoms with E-state index in [1.165, 1.54) is 0 Å². The lowest BCUT2D eigenvalue weighted by Crippen LogP contribution is -2.17. The van der Waals surface area contributed by atoms with Crippen LogP contribution < -0.4 is 9.47 Å². The monoisotopic (exact) mass is 397 g/mol. The van der Waals surface area contributed by atoms with E-state index in [1.807, 2.05) is 24.3 Å². The van der Waals surface area contributed by atoms with Crippen molar-refractivity contribution in [1.82, 2.24) is 15.1 Å². The first-order valence-corrected chi connectivity index (χ1v) is 9.30. The van der Waals surface area contributed by atoms with E-state index >= 15 is 0 Å². The van der Waals surface area contributed by atoms with E-state index in [1.54, 1.807) is 39.3 Å². The summed E-state index contributed by atoms with van der Waals surface area (Å²) in [7, 11) is 1.63. The number of rotatable bonds is 9. The molecule has 3 aromatic rings. The molecule has 0 fully saturated rings. The zero-order valence-electron chi connectivity index (χ0n) is 16.6. The van der Waals surface area contributed by atoms with Crippen LogP contribution in [-0.4, -0.2) is 34.8 Å². The van der Waals surface area contributed by atoms with Gasteiger partial charge in [0.15, 0.2) is 0 Å². The average molecular weight is 397 g/mol. The van der Waals surface area contributed by atoms with Crippen molar-refractivity contribution >= 4 is 5.97 Å². The molecule has 0 aliphatic carbocycles. The first-order valence-electron chi connectivity index (χ1n) is 9.30. The highest BCUT2D eigenvalue weighted by molar-refractivity contribution is 5.72. The van der Waals surface area contributed by atoms with Crippen molar-refractivity contribution in [2.24, 2.45) is 5.92 Å². The Morgan fingerprint density at radius 2 is 1.90 bits per heavy atom. The van der Waals surface area contributed by atoms with E-state index < -0.39 is 0 Å². The molecule has 8 nitrogen and oxygen atoms in total. The van der Waals surface area contributed by atoms with Crippen LogP contribution in [0, 0.1) is 5.92 Å². The van der Waals surface area contributed by atoms with E-state index in [-0.39, 0.29) is 11.9 Å². The van der Waals surface area contributed by atoms with Crippen LogP contribution >= 0.6 is 0 Å². The Hall–Kier alpha value is -3.42. The van der Waals surface area contributed by atoms with Crippen molar-refractivity contribution in [2.75, 3.05) is 13.7 Å². The summed E-state index contributed by atoms with van der Waals surface area (Å²) < 4.78 is 21.1. The van der Waals surface area contributed by atoms with Gasteiger partial charge in [0.25, 0.3) is 0 Å². The normalized spacial score (nSPS) is 11.7. The van der Waals surface area contributed by atoms with E-state index in [0.29, 0.717) is 42.8 Å². The van der Waals surface area contributed by atoms with Crippen LogP contribution in [0.4, 0.5) is 0 Å². The minimum Gasteiger partial charge on any atom is -0.497 e. The summed E-state index contributed by atoms with van der Waals surface area (Å²) in [6.07, 6.45) is 1.92. The van der Waals surface area contributed by atoms with Gasteiger partial charge in [0.2, 0.25) is 11.7 Å². The second-order valence-electron chi connectivity index (χ2n) is 6.38. The maximum atomic E-state index is 11.7. The Morgan fingerprint density at radius 3 is 2.55 bits per heavy atom. The molecule has 0 saturated heterocycles. The van der Waals surface area contributed by atoms with Gasteiger partial charge in [-0.1, -0.05) is 24.2 Å². The molecule has 3 rings (SSSR count). The van der Waals surface area contributed by atoms with Gasteiger partial charge in [-0.3, -0.25) is 4.79 Å². The van der Waals surface area contributed by atoms with Crippen LogP contribution in [0.2, 0.25) is 0 Å². The number of hydrogen-bond acceptors (Lipinski definition) is 8.